The zero-order valence-corrected chi connectivity index (χ0v) is 14.6. The summed E-state index contributed by atoms with van der Waals surface area (Å²) in [5.74, 6) is 2.50. The molecular weight excluding hydrogens is 322 g/mol. The molecule has 0 radical (unpaired) electrons. The first kappa shape index (κ1) is 16.5. The Morgan fingerprint density at radius 1 is 1.20 bits per heavy atom. The molecule has 0 amide bonds. The lowest BCUT2D eigenvalue weighted by Crippen LogP contribution is -2.53. The molecule has 25 heavy (non-hydrogen) atoms. The maximum Gasteiger partial charge on any atom is 0.231 e. The van der Waals surface area contributed by atoms with Crippen LogP contribution in [0.3, 0.4) is 0 Å². The predicted molar refractivity (Wildman–Crippen MR) is 93.1 cm³/mol. The molecule has 0 aromatic heterocycles. The first-order valence-electron chi connectivity index (χ1n) is 8.91. The molecule has 1 aromatic carbocycles. The number of hydrogen-bond donors (Lipinski definition) is 1. The Morgan fingerprint density at radius 3 is 2.92 bits per heavy atom. The minimum atomic E-state index is 0.125. The van der Waals surface area contributed by atoms with E-state index in [0.29, 0.717) is 19.9 Å². The summed E-state index contributed by atoms with van der Waals surface area (Å²) in [6.07, 6.45) is 2.55. The molecule has 7 nitrogen and oxygen atoms in total. The van der Waals surface area contributed by atoms with Crippen LogP contribution in [0.4, 0.5) is 0 Å². The number of fused-ring (bicyclic) bond motifs is 1. The summed E-state index contributed by atoms with van der Waals surface area (Å²) in [6, 6.07) is 6.00. The quantitative estimate of drug-likeness (QED) is 0.658. The van der Waals surface area contributed by atoms with Crippen molar-refractivity contribution in [1.29, 1.82) is 0 Å². The van der Waals surface area contributed by atoms with E-state index in [-0.39, 0.29) is 12.2 Å². The van der Waals surface area contributed by atoms with E-state index in [4.69, 9.17) is 18.9 Å². The van der Waals surface area contributed by atoms with Crippen molar-refractivity contribution in [3.63, 3.8) is 0 Å². The van der Waals surface area contributed by atoms with Crippen LogP contribution in [0.15, 0.2) is 23.2 Å². The first-order valence-corrected chi connectivity index (χ1v) is 8.91. The molecule has 0 aliphatic carbocycles. The zero-order chi connectivity index (χ0) is 17.1. The standard InChI is InChI=1S/C18H25N3O4/c1-19-18(20-10-13-4-5-15-16(9-13)25-12-24-15)21-6-8-23-17(11-21)14-3-2-7-22-14/h4-5,9,14,17H,2-3,6-8,10-12H2,1H3,(H,19,20). The van der Waals surface area contributed by atoms with Gasteiger partial charge in [-0.1, -0.05) is 6.07 Å². The fraction of sp³-hybridized carbons (Fsp3) is 0.611. The number of rotatable bonds is 3. The lowest BCUT2D eigenvalue weighted by molar-refractivity contribution is -0.0817. The van der Waals surface area contributed by atoms with Gasteiger partial charge in [-0.05, 0) is 30.5 Å². The van der Waals surface area contributed by atoms with Gasteiger partial charge in [0.05, 0.1) is 12.7 Å². The zero-order valence-electron chi connectivity index (χ0n) is 14.6. The van der Waals surface area contributed by atoms with Crippen LogP contribution in [0.5, 0.6) is 11.5 Å². The van der Waals surface area contributed by atoms with Crippen LogP contribution in [0.25, 0.3) is 0 Å². The molecule has 0 spiro atoms. The van der Waals surface area contributed by atoms with Gasteiger partial charge in [-0.2, -0.15) is 0 Å². The van der Waals surface area contributed by atoms with E-state index >= 15 is 0 Å². The molecule has 0 saturated carbocycles. The molecule has 3 aliphatic heterocycles. The molecule has 3 aliphatic rings. The Morgan fingerprint density at radius 2 is 2.08 bits per heavy atom. The van der Waals surface area contributed by atoms with Crippen molar-refractivity contribution in [2.45, 2.75) is 31.6 Å². The molecule has 2 unspecified atom stereocenters. The maximum absolute atomic E-state index is 5.92. The van der Waals surface area contributed by atoms with Gasteiger partial charge in [-0.25, -0.2) is 0 Å². The molecule has 4 rings (SSSR count). The van der Waals surface area contributed by atoms with Crippen molar-refractivity contribution in [2.24, 2.45) is 4.99 Å². The normalized spacial score (nSPS) is 26.1. The van der Waals surface area contributed by atoms with Crippen molar-refractivity contribution < 1.29 is 18.9 Å². The summed E-state index contributed by atoms with van der Waals surface area (Å²) in [5, 5.41) is 3.44. The second kappa shape index (κ2) is 7.49. The number of hydrogen-bond acceptors (Lipinski definition) is 5. The highest BCUT2D eigenvalue weighted by Gasteiger charge is 2.32. The average molecular weight is 347 g/mol. The van der Waals surface area contributed by atoms with Gasteiger partial charge in [0, 0.05) is 33.3 Å². The van der Waals surface area contributed by atoms with Gasteiger partial charge in [0.1, 0.15) is 6.10 Å². The van der Waals surface area contributed by atoms with Crippen LogP contribution < -0.4 is 14.8 Å². The van der Waals surface area contributed by atoms with Crippen molar-refractivity contribution in [1.82, 2.24) is 10.2 Å². The van der Waals surface area contributed by atoms with Crippen molar-refractivity contribution in [2.75, 3.05) is 40.1 Å². The molecular formula is C18H25N3O4. The van der Waals surface area contributed by atoms with Gasteiger partial charge in [-0.3, -0.25) is 4.99 Å². The van der Waals surface area contributed by atoms with E-state index in [9.17, 15) is 0 Å². The lowest BCUT2D eigenvalue weighted by Gasteiger charge is -2.37. The highest BCUT2D eigenvalue weighted by atomic mass is 16.7. The van der Waals surface area contributed by atoms with Crippen LogP contribution in [-0.2, 0) is 16.0 Å². The maximum atomic E-state index is 5.92. The Balaban J connectivity index is 1.35. The van der Waals surface area contributed by atoms with Gasteiger partial charge in [0.25, 0.3) is 0 Å². The summed E-state index contributed by atoms with van der Waals surface area (Å²) in [6.45, 7) is 4.18. The molecule has 2 saturated heterocycles. The highest BCUT2D eigenvalue weighted by Crippen LogP contribution is 2.32. The van der Waals surface area contributed by atoms with E-state index in [2.05, 4.69) is 15.2 Å². The van der Waals surface area contributed by atoms with Gasteiger partial charge in [-0.15, -0.1) is 0 Å². The molecule has 1 N–H and O–H groups in total. The molecule has 136 valence electrons. The van der Waals surface area contributed by atoms with Gasteiger partial charge in [0.15, 0.2) is 17.5 Å². The van der Waals surface area contributed by atoms with Crippen molar-refractivity contribution in [3.05, 3.63) is 23.8 Å². The van der Waals surface area contributed by atoms with Crippen LogP contribution in [0, 0.1) is 0 Å². The van der Waals surface area contributed by atoms with Crippen LogP contribution >= 0.6 is 0 Å². The third kappa shape index (κ3) is 3.67. The smallest absolute Gasteiger partial charge is 0.231 e. The fourth-order valence-electron chi connectivity index (χ4n) is 3.55. The van der Waals surface area contributed by atoms with Crippen LogP contribution in [-0.4, -0.2) is 63.2 Å². The Bertz CT molecular complexity index is 631. The number of ether oxygens (including phenoxy) is 4. The van der Waals surface area contributed by atoms with E-state index in [1.807, 2.05) is 25.2 Å². The number of morpholine rings is 1. The molecule has 2 atom stereocenters. The minimum absolute atomic E-state index is 0.125. The summed E-state index contributed by atoms with van der Waals surface area (Å²) < 4.78 is 22.5. The molecule has 7 heteroatoms. The monoisotopic (exact) mass is 347 g/mol. The van der Waals surface area contributed by atoms with Crippen molar-refractivity contribution in [3.8, 4) is 11.5 Å². The molecule has 1 aromatic rings. The summed E-state index contributed by atoms with van der Waals surface area (Å²) in [4.78, 5) is 6.69. The fourth-order valence-corrected chi connectivity index (χ4v) is 3.55. The van der Waals surface area contributed by atoms with Gasteiger partial charge in [0.2, 0.25) is 6.79 Å². The van der Waals surface area contributed by atoms with Crippen LogP contribution in [0.1, 0.15) is 18.4 Å². The van der Waals surface area contributed by atoms with E-state index in [1.165, 1.54) is 0 Å². The predicted octanol–water partition coefficient (Wildman–Crippen LogP) is 1.37. The van der Waals surface area contributed by atoms with Crippen LogP contribution in [0.2, 0.25) is 0 Å². The average Bonchev–Trinajstić information content (AvgIpc) is 3.34. The van der Waals surface area contributed by atoms with E-state index in [1.54, 1.807) is 0 Å². The third-order valence-corrected chi connectivity index (χ3v) is 4.87. The number of benzene rings is 1. The number of guanidine groups is 1. The molecule has 2 fully saturated rings. The molecule has 3 heterocycles. The summed E-state index contributed by atoms with van der Waals surface area (Å²) in [7, 11) is 1.82. The van der Waals surface area contributed by atoms with E-state index in [0.717, 1.165) is 55.6 Å². The third-order valence-electron chi connectivity index (χ3n) is 4.87. The van der Waals surface area contributed by atoms with E-state index < -0.39 is 0 Å². The van der Waals surface area contributed by atoms with Gasteiger partial charge >= 0.3 is 0 Å². The topological polar surface area (TPSA) is 64.6 Å². The summed E-state index contributed by atoms with van der Waals surface area (Å²) >= 11 is 0. The highest BCUT2D eigenvalue weighted by molar-refractivity contribution is 5.80. The Labute approximate surface area is 147 Å². The number of aliphatic imine (C=N–C) groups is 1. The number of nitrogens with one attached hydrogen (secondary N) is 1. The first-order chi connectivity index (χ1) is 12.3. The van der Waals surface area contributed by atoms with Gasteiger partial charge < -0.3 is 29.2 Å². The summed E-state index contributed by atoms with van der Waals surface area (Å²) in [5.41, 5.74) is 1.13. The molecule has 0 bridgehead atoms. The SMILES string of the molecule is CN=C(NCc1ccc2c(c1)OCO2)N1CCOC(C2CCCO2)C1. The number of nitrogens with zero attached hydrogens (tertiary/aromatic N) is 2. The Kier molecular flexibility index (Phi) is 4.94. The minimum Gasteiger partial charge on any atom is -0.454 e. The van der Waals surface area contributed by atoms with Crippen molar-refractivity contribution >= 4 is 5.96 Å². The second-order valence-electron chi connectivity index (χ2n) is 6.50. The second-order valence-corrected chi connectivity index (χ2v) is 6.50. The Hall–Kier alpha value is -1.99. The lowest BCUT2D eigenvalue weighted by atomic mass is 10.1. The largest absolute Gasteiger partial charge is 0.454 e.